The van der Waals surface area contributed by atoms with E-state index in [0.29, 0.717) is 0 Å². The number of aromatic nitrogens is 2. The predicted octanol–water partition coefficient (Wildman–Crippen LogP) is 4.37. The molecule has 3 heteroatoms. The van der Waals surface area contributed by atoms with E-state index in [0.717, 1.165) is 23.1 Å². The van der Waals surface area contributed by atoms with Crippen LogP contribution in [0.5, 0.6) is 0 Å². The molecule has 3 aromatic rings. The second kappa shape index (κ2) is 5.92. The van der Waals surface area contributed by atoms with Gasteiger partial charge in [-0.1, -0.05) is 43.3 Å². The third-order valence-electron chi connectivity index (χ3n) is 3.76. The van der Waals surface area contributed by atoms with Crippen molar-refractivity contribution < 1.29 is 0 Å². The minimum absolute atomic E-state index is 0.203. The van der Waals surface area contributed by atoms with Crippen LogP contribution in [-0.4, -0.2) is 9.97 Å². The van der Waals surface area contributed by atoms with Gasteiger partial charge in [-0.15, -0.1) is 0 Å². The molecule has 1 atom stereocenters. The average Bonchev–Trinajstić information content (AvgIpc) is 2.55. The average molecular weight is 277 g/mol. The molecule has 0 saturated carbocycles. The van der Waals surface area contributed by atoms with Crippen LogP contribution in [0.25, 0.3) is 10.9 Å². The largest absolute Gasteiger partial charge is 0.363 e. The van der Waals surface area contributed by atoms with E-state index in [-0.39, 0.29) is 6.04 Å². The number of benzene rings is 2. The van der Waals surface area contributed by atoms with E-state index in [4.69, 9.17) is 0 Å². The Hall–Kier alpha value is -2.42. The summed E-state index contributed by atoms with van der Waals surface area (Å²) in [5.41, 5.74) is 3.52. The second-order valence-electron chi connectivity index (χ2n) is 5.20. The minimum Gasteiger partial charge on any atom is -0.363 e. The fraction of sp³-hybridized carbons (Fsp3) is 0.222. The summed E-state index contributed by atoms with van der Waals surface area (Å²) in [6.45, 7) is 4.30. The van der Waals surface area contributed by atoms with E-state index in [1.54, 1.807) is 6.33 Å². The molecule has 3 rings (SSSR count). The van der Waals surface area contributed by atoms with Gasteiger partial charge in [-0.05, 0) is 36.6 Å². The number of nitrogens with one attached hydrogen (secondary N) is 1. The first-order valence-corrected chi connectivity index (χ1v) is 7.33. The number of fused-ring (bicyclic) bond motifs is 1. The quantitative estimate of drug-likeness (QED) is 0.769. The van der Waals surface area contributed by atoms with Crippen LogP contribution in [0.2, 0.25) is 0 Å². The van der Waals surface area contributed by atoms with Crippen LogP contribution in [0.15, 0.2) is 54.9 Å². The molecule has 0 spiro atoms. The normalized spacial score (nSPS) is 12.3. The first-order valence-electron chi connectivity index (χ1n) is 7.33. The Bertz CT molecular complexity index is 738. The van der Waals surface area contributed by atoms with Crippen molar-refractivity contribution in [2.75, 3.05) is 5.32 Å². The van der Waals surface area contributed by atoms with Gasteiger partial charge in [-0.2, -0.15) is 0 Å². The predicted molar refractivity (Wildman–Crippen MR) is 87.4 cm³/mol. The van der Waals surface area contributed by atoms with Crippen LogP contribution in [0.4, 0.5) is 5.82 Å². The molecule has 21 heavy (non-hydrogen) atoms. The van der Waals surface area contributed by atoms with Crippen molar-refractivity contribution in [1.29, 1.82) is 0 Å². The van der Waals surface area contributed by atoms with Gasteiger partial charge in [-0.25, -0.2) is 9.97 Å². The van der Waals surface area contributed by atoms with Gasteiger partial charge in [-0.3, -0.25) is 0 Å². The van der Waals surface area contributed by atoms with Crippen molar-refractivity contribution in [3.8, 4) is 0 Å². The molecule has 0 amide bonds. The van der Waals surface area contributed by atoms with E-state index in [1.807, 2.05) is 6.07 Å². The van der Waals surface area contributed by atoms with Gasteiger partial charge in [0.05, 0.1) is 5.52 Å². The van der Waals surface area contributed by atoms with Gasteiger partial charge < -0.3 is 5.32 Å². The van der Waals surface area contributed by atoms with Crippen molar-refractivity contribution in [3.05, 3.63) is 66.0 Å². The molecule has 0 aliphatic carbocycles. The number of aryl methyl sites for hydroxylation is 1. The van der Waals surface area contributed by atoms with Crippen molar-refractivity contribution in [2.45, 2.75) is 26.3 Å². The molecular formula is C18H19N3. The topological polar surface area (TPSA) is 37.8 Å². The van der Waals surface area contributed by atoms with E-state index in [1.165, 1.54) is 11.1 Å². The van der Waals surface area contributed by atoms with Gasteiger partial charge >= 0.3 is 0 Å². The first kappa shape index (κ1) is 13.6. The molecular weight excluding hydrogens is 258 g/mol. The second-order valence-corrected chi connectivity index (χ2v) is 5.20. The minimum atomic E-state index is 0.203. The zero-order chi connectivity index (χ0) is 14.7. The van der Waals surface area contributed by atoms with Crippen LogP contribution in [0.1, 0.15) is 31.0 Å². The molecule has 0 aliphatic heterocycles. The van der Waals surface area contributed by atoms with Crippen LogP contribution < -0.4 is 5.32 Å². The van der Waals surface area contributed by atoms with Gasteiger partial charge in [0, 0.05) is 11.4 Å². The van der Waals surface area contributed by atoms with Crippen LogP contribution in [-0.2, 0) is 6.42 Å². The maximum absolute atomic E-state index is 4.43. The van der Waals surface area contributed by atoms with Crippen molar-refractivity contribution >= 4 is 16.7 Å². The summed E-state index contributed by atoms with van der Waals surface area (Å²) in [5, 5.41) is 4.58. The van der Waals surface area contributed by atoms with Crippen LogP contribution >= 0.6 is 0 Å². The Morgan fingerprint density at radius 3 is 2.62 bits per heavy atom. The maximum Gasteiger partial charge on any atom is 0.137 e. The summed E-state index contributed by atoms with van der Waals surface area (Å²) < 4.78 is 0. The molecule has 1 heterocycles. The Kier molecular flexibility index (Phi) is 3.82. The summed E-state index contributed by atoms with van der Waals surface area (Å²) >= 11 is 0. The van der Waals surface area contributed by atoms with Crippen molar-refractivity contribution in [3.63, 3.8) is 0 Å². The zero-order valence-corrected chi connectivity index (χ0v) is 12.4. The highest BCUT2D eigenvalue weighted by molar-refractivity contribution is 5.89. The fourth-order valence-electron chi connectivity index (χ4n) is 2.47. The van der Waals surface area contributed by atoms with Gasteiger partial charge in [0.2, 0.25) is 0 Å². The SMILES string of the molecule is CCc1ccc2ncnc(N[C@@H](C)c3ccccc3)c2c1. The maximum atomic E-state index is 4.43. The highest BCUT2D eigenvalue weighted by Gasteiger charge is 2.09. The number of rotatable bonds is 4. The third kappa shape index (κ3) is 2.87. The van der Waals surface area contributed by atoms with E-state index >= 15 is 0 Å². The van der Waals surface area contributed by atoms with E-state index in [9.17, 15) is 0 Å². The first-order chi connectivity index (χ1) is 10.3. The summed E-state index contributed by atoms with van der Waals surface area (Å²) in [4.78, 5) is 8.77. The van der Waals surface area contributed by atoms with Gasteiger partial charge in [0.25, 0.3) is 0 Å². The lowest BCUT2D eigenvalue weighted by Gasteiger charge is -2.16. The number of hydrogen-bond donors (Lipinski definition) is 1. The molecule has 0 aliphatic rings. The van der Waals surface area contributed by atoms with Crippen molar-refractivity contribution in [1.82, 2.24) is 9.97 Å². The summed E-state index contributed by atoms with van der Waals surface area (Å²) in [7, 11) is 0. The lowest BCUT2D eigenvalue weighted by Crippen LogP contribution is -2.08. The molecule has 0 fully saturated rings. The molecule has 0 unspecified atom stereocenters. The Labute approximate surface area is 125 Å². The highest BCUT2D eigenvalue weighted by atomic mass is 15.0. The monoisotopic (exact) mass is 277 g/mol. The summed E-state index contributed by atoms with van der Waals surface area (Å²) in [6, 6.07) is 17.0. The Morgan fingerprint density at radius 2 is 1.86 bits per heavy atom. The molecule has 0 bridgehead atoms. The molecule has 106 valence electrons. The van der Waals surface area contributed by atoms with Gasteiger partial charge in [0.15, 0.2) is 0 Å². The lowest BCUT2D eigenvalue weighted by atomic mass is 10.1. The summed E-state index contributed by atoms with van der Waals surface area (Å²) in [5.74, 6) is 0.895. The number of anilines is 1. The Balaban J connectivity index is 1.96. The Morgan fingerprint density at radius 1 is 1.05 bits per heavy atom. The molecule has 3 nitrogen and oxygen atoms in total. The molecule has 2 aromatic carbocycles. The number of hydrogen-bond acceptors (Lipinski definition) is 3. The molecule has 0 saturated heterocycles. The van der Waals surface area contributed by atoms with Gasteiger partial charge in [0.1, 0.15) is 12.1 Å². The lowest BCUT2D eigenvalue weighted by molar-refractivity contribution is 0.876. The summed E-state index contributed by atoms with van der Waals surface area (Å²) in [6.07, 6.45) is 2.63. The standard InChI is InChI=1S/C18H19N3/c1-3-14-9-10-17-16(11-14)18(20-12-19-17)21-13(2)15-7-5-4-6-8-15/h4-13H,3H2,1-2H3,(H,19,20,21)/t13-/m0/s1. The van der Waals surface area contributed by atoms with Crippen LogP contribution in [0, 0.1) is 0 Å². The molecule has 0 radical (unpaired) electrons. The van der Waals surface area contributed by atoms with E-state index < -0.39 is 0 Å². The molecule has 1 aromatic heterocycles. The molecule has 1 N–H and O–H groups in total. The number of nitrogens with zero attached hydrogens (tertiary/aromatic N) is 2. The highest BCUT2D eigenvalue weighted by Crippen LogP contribution is 2.25. The van der Waals surface area contributed by atoms with E-state index in [2.05, 4.69) is 71.6 Å². The zero-order valence-electron chi connectivity index (χ0n) is 12.4. The third-order valence-corrected chi connectivity index (χ3v) is 3.76. The fourth-order valence-corrected chi connectivity index (χ4v) is 2.47. The smallest absolute Gasteiger partial charge is 0.137 e. The van der Waals surface area contributed by atoms with Crippen molar-refractivity contribution in [2.24, 2.45) is 0 Å². The van der Waals surface area contributed by atoms with Crippen LogP contribution in [0.3, 0.4) is 0 Å².